The van der Waals surface area contributed by atoms with Crippen LogP contribution in [0.2, 0.25) is 0 Å². The zero-order valence-electron chi connectivity index (χ0n) is 45.5. The molecule has 0 bridgehead atoms. The van der Waals surface area contributed by atoms with Gasteiger partial charge in [-0.1, -0.05) is 219 Å². The maximum Gasteiger partial charge on any atom is 0.472 e. The van der Waals surface area contributed by atoms with Crippen LogP contribution in [0.25, 0.3) is 0 Å². The maximum atomic E-state index is 13.6. The van der Waals surface area contributed by atoms with Crippen LogP contribution in [0.1, 0.15) is 232 Å². The number of aliphatic hydroxyl groups excluding tert-OH is 10. The molecule has 1 heterocycles. The number of hydrogen-bond acceptors (Lipinski definition) is 17. The second-order valence-corrected chi connectivity index (χ2v) is 23.0. The number of phosphoric ester groups is 1. The second-order valence-electron chi connectivity index (χ2n) is 21.6. The molecule has 3 unspecified atom stereocenters. The minimum Gasteiger partial charge on any atom is -0.394 e. The highest BCUT2D eigenvalue weighted by atomic mass is 31.2. The molecule has 74 heavy (non-hydrogen) atoms. The molecule has 14 N–H and O–H groups in total. The Hall–Kier alpha value is -0.940. The van der Waals surface area contributed by atoms with Gasteiger partial charge in [-0.2, -0.15) is 0 Å². The molecule has 0 aromatic carbocycles. The predicted octanol–water partition coefficient (Wildman–Crippen LogP) is 5.97. The van der Waals surface area contributed by atoms with Gasteiger partial charge in [0.05, 0.1) is 31.4 Å². The molecule has 2 rings (SSSR count). The quantitative estimate of drug-likeness (QED) is 0.0247. The molecule has 0 radical (unpaired) electrons. The zero-order chi connectivity index (χ0) is 54.7. The van der Waals surface area contributed by atoms with Crippen molar-refractivity contribution < 1.29 is 83.8 Å². The Morgan fingerprint density at radius 3 is 1.34 bits per heavy atom. The minimum atomic E-state index is -5.46. The largest absolute Gasteiger partial charge is 0.472 e. The van der Waals surface area contributed by atoms with Crippen molar-refractivity contribution in [3.8, 4) is 0 Å². The number of aliphatic hydroxyl groups is 10. The predicted molar refractivity (Wildman–Crippen MR) is 284 cm³/mol. The van der Waals surface area contributed by atoms with Crippen LogP contribution in [-0.2, 0) is 27.9 Å². The summed E-state index contributed by atoms with van der Waals surface area (Å²) >= 11 is 0. The summed E-state index contributed by atoms with van der Waals surface area (Å²) in [4.78, 5) is 24.3. The number of carbonyl (C=O) groups is 1. The lowest BCUT2D eigenvalue weighted by Gasteiger charge is -2.47. The van der Waals surface area contributed by atoms with Crippen LogP contribution in [0, 0.1) is 0 Å². The van der Waals surface area contributed by atoms with Gasteiger partial charge in [-0.15, -0.1) is 0 Å². The van der Waals surface area contributed by atoms with E-state index in [0.717, 1.165) is 51.4 Å². The normalized spacial score (nSPS) is 27.9. The average Bonchev–Trinajstić information content (AvgIpc) is 3.38. The molecule has 1 amide bonds. The molecule has 0 aromatic rings. The van der Waals surface area contributed by atoms with Gasteiger partial charge >= 0.3 is 7.82 Å². The number of nitrogens with two attached hydrogens (primary N) is 1. The molecule has 16 atom stereocenters. The monoisotopic (exact) mass is 1090 g/mol. The van der Waals surface area contributed by atoms with Gasteiger partial charge in [-0.05, 0) is 12.8 Å². The number of unbranched alkanes of at least 4 members (excludes halogenated alkanes) is 30. The summed E-state index contributed by atoms with van der Waals surface area (Å²) in [7, 11) is -5.46. The number of carbonyl (C=O) groups excluding carboxylic acids is 1. The van der Waals surface area contributed by atoms with Gasteiger partial charge in [-0.25, -0.2) is 4.57 Å². The number of phosphoric acid groups is 1. The van der Waals surface area contributed by atoms with E-state index in [9.17, 15) is 65.3 Å². The highest BCUT2D eigenvalue weighted by Crippen LogP contribution is 2.48. The minimum absolute atomic E-state index is 0.109. The Bertz CT molecular complexity index is 1430. The van der Waals surface area contributed by atoms with Crippen LogP contribution in [0.15, 0.2) is 0 Å². The van der Waals surface area contributed by atoms with Crippen molar-refractivity contribution in [2.24, 2.45) is 5.73 Å². The van der Waals surface area contributed by atoms with E-state index >= 15 is 0 Å². The Balaban J connectivity index is 1.93. The number of nitrogens with one attached hydrogen (secondary N) is 1. The van der Waals surface area contributed by atoms with Gasteiger partial charge in [0.1, 0.15) is 67.1 Å². The van der Waals surface area contributed by atoms with Gasteiger partial charge in [-0.3, -0.25) is 13.8 Å². The second kappa shape index (κ2) is 41.1. The van der Waals surface area contributed by atoms with Gasteiger partial charge in [0, 0.05) is 0 Å². The Kier molecular flexibility index (Phi) is 38.4. The summed E-state index contributed by atoms with van der Waals surface area (Å²) < 4.78 is 35.1. The van der Waals surface area contributed by atoms with E-state index in [0.29, 0.717) is 12.8 Å². The fourth-order valence-corrected chi connectivity index (χ4v) is 11.0. The van der Waals surface area contributed by atoms with E-state index in [1.165, 1.54) is 141 Å². The molecule has 0 aromatic heterocycles. The number of ether oxygens (including phenoxy) is 2. The van der Waals surface area contributed by atoms with Crippen molar-refractivity contribution in [3.05, 3.63) is 0 Å². The van der Waals surface area contributed by atoms with E-state index < -0.39 is 119 Å². The Labute approximate surface area is 444 Å². The maximum absolute atomic E-state index is 13.6. The molecule has 1 saturated heterocycles. The molecule has 1 aliphatic heterocycles. The Morgan fingerprint density at radius 1 is 0.554 bits per heavy atom. The standard InChI is InChI=1S/C54H107N2O17P/c1-3-5-7-9-11-13-15-17-18-19-20-21-22-23-24-26-28-30-32-34-36-41(59)53(67)56-39(44(60)40(58)35-33-31-29-27-25-16-14-12-10-8-6-4-2)38-70-74(68,69)73-52-50(66)48(64)47(63)49(65)51(52)72-54-43(55)46(62)45(61)42(37-57)71-54/h39-52,54,57-66H,3-38,55H2,1-2H3,(H,56,67)(H,68,69)/t39-,40?,41?,42+,43+,44-,45+,46+,47-,48-,49+,50+,51+,52-,54+/m0/s1. The number of rotatable bonds is 46. The fraction of sp³-hybridized carbons (Fsp3) is 0.981. The summed E-state index contributed by atoms with van der Waals surface area (Å²) in [6.07, 6.45) is 13.5. The van der Waals surface area contributed by atoms with E-state index in [-0.39, 0.29) is 12.8 Å². The molecule has 19 nitrogen and oxygen atoms in total. The van der Waals surface area contributed by atoms with Crippen LogP contribution in [-0.4, -0.2) is 167 Å². The van der Waals surface area contributed by atoms with Crippen molar-refractivity contribution in [2.75, 3.05) is 13.2 Å². The van der Waals surface area contributed by atoms with E-state index in [1.807, 2.05) is 0 Å². The Morgan fingerprint density at radius 2 is 0.932 bits per heavy atom. The van der Waals surface area contributed by atoms with Crippen molar-refractivity contribution in [1.29, 1.82) is 0 Å². The summed E-state index contributed by atoms with van der Waals surface area (Å²) in [5.74, 6) is -0.907. The fourth-order valence-electron chi connectivity index (χ4n) is 10.1. The third-order valence-corrected chi connectivity index (χ3v) is 16.0. The van der Waals surface area contributed by atoms with E-state index in [2.05, 4.69) is 19.2 Å². The summed E-state index contributed by atoms with van der Waals surface area (Å²) in [5, 5.41) is 109. The molecule has 440 valence electrons. The lowest BCUT2D eigenvalue weighted by molar-refractivity contribution is -0.315. The first kappa shape index (κ1) is 69.2. The van der Waals surface area contributed by atoms with Crippen LogP contribution < -0.4 is 11.1 Å². The molecule has 1 aliphatic carbocycles. The molecule has 0 spiro atoms. The SMILES string of the molecule is CCCCCCCCCCCCCCCCCCCCCCC(O)C(=O)N[C@@H](COP(=O)(O)O[C@H]1[C@H](O)[C@@H](O)[C@H](O)[C@@H](O)[C@H]1O[C@H]1O[C@H](CO)[C@@H](O)[C@H](O)[C@H]1N)[C@H](O)C(O)CCCCCCCCCCCCCC. The highest BCUT2D eigenvalue weighted by molar-refractivity contribution is 7.47. The zero-order valence-corrected chi connectivity index (χ0v) is 46.4. The van der Waals surface area contributed by atoms with E-state index in [4.69, 9.17) is 24.3 Å². The molecule has 2 fully saturated rings. The lowest BCUT2D eigenvalue weighted by Crippen LogP contribution is -2.68. The van der Waals surface area contributed by atoms with Gasteiger partial charge < -0.3 is 76.5 Å². The smallest absolute Gasteiger partial charge is 0.394 e. The summed E-state index contributed by atoms with van der Waals surface area (Å²) in [6.45, 7) is 2.67. The highest BCUT2D eigenvalue weighted by Gasteiger charge is 2.55. The first-order valence-corrected chi connectivity index (χ1v) is 30.8. The van der Waals surface area contributed by atoms with Gasteiger partial charge in [0.25, 0.3) is 0 Å². The number of hydrogen-bond donors (Lipinski definition) is 13. The van der Waals surface area contributed by atoms with Crippen LogP contribution in [0.5, 0.6) is 0 Å². The van der Waals surface area contributed by atoms with Gasteiger partial charge in [0.15, 0.2) is 6.29 Å². The first-order valence-electron chi connectivity index (χ1n) is 29.3. The van der Waals surface area contributed by atoms with Crippen molar-refractivity contribution >= 4 is 13.7 Å². The van der Waals surface area contributed by atoms with Crippen LogP contribution >= 0.6 is 7.82 Å². The lowest BCUT2D eigenvalue weighted by atomic mass is 9.84. The van der Waals surface area contributed by atoms with Crippen LogP contribution in [0.4, 0.5) is 0 Å². The molecular weight excluding hydrogens is 980 g/mol. The van der Waals surface area contributed by atoms with Gasteiger partial charge in [0.2, 0.25) is 5.91 Å². The average molecular weight is 1090 g/mol. The molecule has 1 saturated carbocycles. The molecule has 20 heteroatoms. The topological polar surface area (TPSA) is 332 Å². The summed E-state index contributed by atoms with van der Waals surface area (Å²) in [6, 6.07) is -3.11. The van der Waals surface area contributed by atoms with Crippen LogP contribution in [0.3, 0.4) is 0 Å². The number of amides is 1. The van der Waals surface area contributed by atoms with Crippen molar-refractivity contribution in [1.82, 2.24) is 5.32 Å². The van der Waals surface area contributed by atoms with Crippen molar-refractivity contribution in [2.45, 2.75) is 324 Å². The first-order chi connectivity index (χ1) is 35.5. The van der Waals surface area contributed by atoms with Crippen molar-refractivity contribution in [3.63, 3.8) is 0 Å². The summed E-state index contributed by atoms with van der Waals surface area (Å²) in [5.41, 5.74) is 5.97. The molecule has 2 aliphatic rings. The third-order valence-electron chi connectivity index (χ3n) is 15.1. The van der Waals surface area contributed by atoms with E-state index in [1.54, 1.807) is 0 Å². The molecular formula is C54H107N2O17P. The third kappa shape index (κ3) is 27.8.